The first-order chi connectivity index (χ1) is 9.11. The normalized spacial score (nSPS) is 10.5. The smallest absolute Gasteiger partial charge is 0.138 e. The second kappa shape index (κ2) is 6.53. The van der Waals surface area contributed by atoms with E-state index in [0.717, 1.165) is 32.2 Å². The number of rotatable bonds is 4. The van der Waals surface area contributed by atoms with Gasteiger partial charge in [0.1, 0.15) is 18.2 Å². The van der Waals surface area contributed by atoms with E-state index in [1.165, 1.54) is 12.1 Å². The summed E-state index contributed by atoms with van der Waals surface area (Å²) >= 11 is 6.93. The summed E-state index contributed by atoms with van der Waals surface area (Å²) in [7, 11) is 0. The van der Waals surface area contributed by atoms with Crippen molar-refractivity contribution in [1.29, 1.82) is 0 Å². The van der Waals surface area contributed by atoms with E-state index >= 15 is 0 Å². The number of aryl methyl sites for hydroxylation is 1. The van der Waals surface area contributed by atoms with Crippen molar-refractivity contribution >= 4 is 31.9 Å². The molecule has 2 aromatic carbocycles. The van der Waals surface area contributed by atoms with Crippen molar-refractivity contribution in [2.24, 2.45) is 0 Å². The van der Waals surface area contributed by atoms with E-state index in [-0.39, 0.29) is 5.82 Å². The van der Waals surface area contributed by atoms with Crippen LogP contribution in [0, 0.1) is 12.7 Å². The first-order valence-electron chi connectivity index (χ1n) is 5.83. The molecule has 0 aliphatic rings. The fourth-order valence-corrected chi connectivity index (χ4v) is 2.75. The Labute approximate surface area is 129 Å². The molecule has 0 N–H and O–H groups in total. The third kappa shape index (κ3) is 3.57. The van der Waals surface area contributed by atoms with E-state index in [1.54, 1.807) is 6.07 Å². The predicted octanol–water partition coefficient (Wildman–Crippen LogP) is 5.37. The molecular formula is C15H13Br2FO. The molecule has 19 heavy (non-hydrogen) atoms. The molecule has 0 saturated carbocycles. The van der Waals surface area contributed by atoms with Crippen LogP contribution >= 0.6 is 31.9 Å². The number of benzene rings is 2. The average Bonchev–Trinajstić information content (AvgIpc) is 2.39. The van der Waals surface area contributed by atoms with E-state index < -0.39 is 0 Å². The number of hydrogen-bond acceptors (Lipinski definition) is 1. The van der Waals surface area contributed by atoms with Gasteiger partial charge in [-0.05, 0) is 52.2 Å². The van der Waals surface area contributed by atoms with Gasteiger partial charge < -0.3 is 4.74 Å². The van der Waals surface area contributed by atoms with Crippen LogP contribution < -0.4 is 4.74 Å². The molecule has 0 aromatic heterocycles. The van der Waals surface area contributed by atoms with Crippen LogP contribution in [0.25, 0.3) is 0 Å². The lowest BCUT2D eigenvalue weighted by atomic mass is 10.1. The summed E-state index contributed by atoms with van der Waals surface area (Å²) in [6.07, 6.45) is 0. The lowest BCUT2D eigenvalue weighted by Gasteiger charge is -2.13. The van der Waals surface area contributed by atoms with Crippen LogP contribution in [0.5, 0.6) is 5.75 Å². The highest BCUT2D eigenvalue weighted by atomic mass is 79.9. The van der Waals surface area contributed by atoms with Crippen LogP contribution in [0.2, 0.25) is 0 Å². The first-order valence-corrected chi connectivity index (χ1v) is 7.74. The van der Waals surface area contributed by atoms with Gasteiger partial charge in [-0.15, -0.1) is 0 Å². The van der Waals surface area contributed by atoms with E-state index in [9.17, 15) is 4.39 Å². The van der Waals surface area contributed by atoms with Gasteiger partial charge in [-0.1, -0.05) is 34.1 Å². The zero-order valence-electron chi connectivity index (χ0n) is 10.4. The second-order valence-electron chi connectivity index (χ2n) is 4.22. The summed E-state index contributed by atoms with van der Waals surface area (Å²) in [5.41, 5.74) is 2.96. The Hall–Kier alpha value is -0.870. The third-order valence-corrected chi connectivity index (χ3v) is 4.10. The van der Waals surface area contributed by atoms with Crippen molar-refractivity contribution in [3.63, 3.8) is 0 Å². The molecule has 0 atom stereocenters. The minimum atomic E-state index is -0.219. The van der Waals surface area contributed by atoms with E-state index in [2.05, 4.69) is 31.9 Å². The fraction of sp³-hybridized carbons (Fsp3) is 0.200. The highest BCUT2D eigenvalue weighted by Crippen LogP contribution is 2.31. The minimum absolute atomic E-state index is 0.219. The molecular weight excluding hydrogens is 375 g/mol. The molecule has 0 amide bonds. The Morgan fingerprint density at radius 3 is 2.63 bits per heavy atom. The molecule has 100 valence electrons. The molecule has 0 saturated heterocycles. The summed E-state index contributed by atoms with van der Waals surface area (Å²) < 4.78 is 19.8. The highest BCUT2D eigenvalue weighted by Gasteiger charge is 2.08. The Morgan fingerprint density at radius 1 is 1.16 bits per heavy atom. The van der Waals surface area contributed by atoms with Gasteiger partial charge in [-0.25, -0.2) is 4.39 Å². The Balaban J connectivity index is 2.19. The van der Waals surface area contributed by atoms with Gasteiger partial charge in [0, 0.05) is 10.9 Å². The molecule has 0 heterocycles. The number of para-hydroxylation sites is 1. The summed E-state index contributed by atoms with van der Waals surface area (Å²) in [4.78, 5) is 0. The van der Waals surface area contributed by atoms with Gasteiger partial charge in [-0.2, -0.15) is 0 Å². The molecule has 0 fully saturated rings. The van der Waals surface area contributed by atoms with Crippen LogP contribution in [0.3, 0.4) is 0 Å². The predicted molar refractivity (Wildman–Crippen MR) is 82.2 cm³/mol. The van der Waals surface area contributed by atoms with Crippen molar-refractivity contribution < 1.29 is 9.13 Å². The molecule has 0 radical (unpaired) electrons. The van der Waals surface area contributed by atoms with Crippen molar-refractivity contribution in [3.05, 3.63) is 63.4 Å². The van der Waals surface area contributed by atoms with Crippen LogP contribution in [0.4, 0.5) is 4.39 Å². The highest BCUT2D eigenvalue weighted by molar-refractivity contribution is 9.10. The second-order valence-corrected chi connectivity index (χ2v) is 5.64. The Bertz CT molecular complexity index is 584. The number of alkyl halides is 1. The van der Waals surface area contributed by atoms with Gasteiger partial charge in [-0.3, -0.25) is 0 Å². The zero-order valence-corrected chi connectivity index (χ0v) is 13.6. The zero-order chi connectivity index (χ0) is 13.8. The van der Waals surface area contributed by atoms with Gasteiger partial charge in [0.25, 0.3) is 0 Å². The number of ether oxygens (including phenoxy) is 1. The molecule has 1 nitrogen and oxygen atoms in total. The maximum atomic E-state index is 13.0. The van der Waals surface area contributed by atoms with Gasteiger partial charge in [0.2, 0.25) is 0 Å². The van der Waals surface area contributed by atoms with Crippen LogP contribution in [-0.4, -0.2) is 0 Å². The van der Waals surface area contributed by atoms with Crippen LogP contribution in [0.1, 0.15) is 16.7 Å². The largest absolute Gasteiger partial charge is 0.487 e. The summed E-state index contributed by atoms with van der Waals surface area (Å²) in [5, 5.41) is 0.726. The molecule has 0 bridgehead atoms. The quantitative estimate of drug-likeness (QED) is 0.640. The summed E-state index contributed by atoms with van der Waals surface area (Å²) in [6.45, 7) is 2.31. The van der Waals surface area contributed by atoms with Gasteiger partial charge >= 0.3 is 0 Å². The van der Waals surface area contributed by atoms with E-state index in [1.807, 2.05) is 25.1 Å². The maximum absolute atomic E-state index is 13.0. The molecule has 2 aromatic rings. The third-order valence-electron chi connectivity index (χ3n) is 2.87. The SMILES string of the molecule is Cc1cc(F)ccc1COc1c(Br)cccc1CBr. The van der Waals surface area contributed by atoms with Crippen molar-refractivity contribution in [3.8, 4) is 5.75 Å². The number of halogens is 3. The number of hydrogen-bond donors (Lipinski definition) is 0. The first kappa shape index (κ1) is 14.5. The van der Waals surface area contributed by atoms with Crippen molar-refractivity contribution in [2.75, 3.05) is 0 Å². The van der Waals surface area contributed by atoms with Crippen molar-refractivity contribution in [1.82, 2.24) is 0 Å². The van der Waals surface area contributed by atoms with Crippen LogP contribution in [-0.2, 0) is 11.9 Å². The monoisotopic (exact) mass is 386 g/mol. The lowest BCUT2D eigenvalue weighted by Crippen LogP contribution is -2.01. The fourth-order valence-electron chi connectivity index (χ4n) is 1.79. The summed E-state index contributed by atoms with van der Waals surface area (Å²) in [6, 6.07) is 10.7. The molecule has 0 aliphatic carbocycles. The Morgan fingerprint density at radius 2 is 1.95 bits per heavy atom. The van der Waals surface area contributed by atoms with Crippen molar-refractivity contribution in [2.45, 2.75) is 18.9 Å². The van der Waals surface area contributed by atoms with E-state index in [4.69, 9.17) is 4.74 Å². The topological polar surface area (TPSA) is 9.23 Å². The van der Waals surface area contributed by atoms with Crippen LogP contribution in [0.15, 0.2) is 40.9 Å². The molecule has 2 rings (SSSR count). The van der Waals surface area contributed by atoms with Gasteiger partial charge in [0.15, 0.2) is 0 Å². The standard InChI is InChI=1S/C15H13Br2FO/c1-10-7-13(18)6-5-12(10)9-19-15-11(8-16)3-2-4-14(15)17/h2-7H,8-9H2,1H3. The van der Waals surface area contributed by atoms with E-state index in [0.29, 0.717) is 6.61 Å². The lowest BCUT2D eigenvalue weighted by molar-refractivity contribution is 0.301. The van der Waals surface area contributed by atoms with Gasteiger partial charge in [0.05, 0.1) is 4.47 Å². The maximum Gasteiger partial charge on any atom is 0.138 e. The molecule has 0 unspecified atom stereocenters. The molecule has 4 heteroatoms. The average molecular weight is 388 g/mol. The minimum Gasteiger partial charge on any atom is -0.487 e. The Kier molecular flexibility index (Phi) is 4.99. The molecule has 0 aliphatic heterocycles. The summed E-state index contributed by atoms with van der Waals surface area (Å²) in [5.74, 6) is 0.603. The molecule has 0 spiro atoms.